The average Bonchev–Trinajstić information content (AvgIpc) is 3.62. The quantitative estimate of drug-likeness (QED) is 0.161. The van der Waals surface area contributed by atoms with E-state index in [9.17, 15) is 0 Å². The summed E-state index contributed by atoms with van der Waals surface area (Å²) in [5.74, 6) is 0. The van der Waals surface area contributed by atoms with Gasteiger partial charge in [-0.2, -0.15) is 23.8 Å². The number of hydrogen-bond acceptors (Lipinski definition) is 0. The summed E-state index contributed by atoms with van der Waals surface area (Å²) in [6.07, 6.45) is 11.0. The third-order valence-corrected chi connectivity index (χ3v) is 9.78. The van der Waals surface area contributed by atoms with Crippen molar-refractivity contribution in [2.75, 3.05) is 0 Å². The Morgan fingerprint density at radius 1 is 0.750 bits per heavy atom. The van der Waals surface area contributed by atoms with E-state index < -0.39 is 0 Å². The first kappa shape index (κ1) is 34.6. The van der Waals surface area contributed by atoms with Crippen LogP contribution in [0.4, 0.5) is 0 Å². The van der Waals surface area contributed by atoms with Gasteiger partial charge in [0.15, 0.2) is 0 Å². The van der Waals surface area contributed by atoms with Gasteiger partial charge in [-0.05, 0) is 35.4 Å². The zero-order chi connectivity index (χ0) is 32.2. The van der Waals surface area contributed by atoms with Crippen molar-refractivity contribution in [3.8, 4) is 11.1 Å². The fourth-order valence-corrected chi connectivity index (χ4v) is 6.96. The van der Waals surface area contributed by atoms with Crippen LogP contribution in [-0.4, -0.2) is 3.21 Å². The SMILES string of the molecule is Cc1[c-]c2c(cc1C(C)(C)C)-c1cc(C(C)(C)C)c(C)cc1C2.Clc1cccc([C](=[Zr+2])c2cccc(Cl)c2)c1.[C-]1=CC=CC1. The van der Waals surface area contributed by atoms with Gasteiger partial charge in [-0.25, -0.2) is 12.2 Å². The first-order valence-electron chi connectivity index (χ1n) is 15.2. The third-order valence-electron chi connectivity index (χ3n) is 7.89. The van der Waals surface area contributed by atoms with Gasteiger partial charge in [-0.1, -0.05) is 71.6 Å². The maximum atomic E-state index is 5.98. The second-order valence-electron chi connectivity index (χ2n) is 13.6. The van der Waals surface area contributed by atoms with Crippen LogP contribution in [0.5, 0.6) is 0 Å². The van der Waals surface area contributed by atoms with Crippen molar-refractivity contribution in [2.24, 2.45) is 0 Å². The molecule has 0 radical (unpaired) electrons. The van der Waals surface area contributed by atoms with E-state index in [1.54, 1.807) is 0 Å². The van der Waals surface area contributed by atoms with Crippen LogP contribution in [0, 0.1) is 26.0 Å². The van der Waals surface area contributed by atoms with Crippen LogP contribution in [0.25, 0.3) is 11.1 Å². The van der Waals surface area contributed by atoms with Crippen LogP contribution in [0.2, 0.25) is 10.0 Å². The van der Waals surface area contributed by atoms with Crippen molar-refractivity contribution in [3.05, 3.63) is 152 Å². The summed E-state index contributed by atoms with van der Waals surface area (Å²) in [4.78, 5) is 0. The molecule has 44 heavy (non-hydrogen) atoms. The minimum Gasteiger partial charge on any atom is -0.273 e. The summed E-state index contributed by atoms with van der Waals surface area (Å²) < 4.78 is 1.26. The summed E-state index contributed by atoms with van der Waals surface area (Å²) in [5, 5.41) is 1.53. The molecular formula is C41H42Cl2Zr. The van der Waals surface area contributed by atoms with Crippen molar-refractivity contribution in [1.82, 2.24) is 0 Å². The third kappa shape index (κ3) is 8.69. The molecule has 0 aliphatic heterocycles. The van der Waals surface area contributed by atoms with E-state index in [-0.39, 0.29) is 10.8 Å². The van der Waals surface area contributed by atoms with Crippen molar-refractivity contribution >= 4 is 26.4 Å². The van der Waals surface area contributed by atoms with Gasteiger partial charge in [-0.15, -0.1) is 23.1 Å². The Labute approximate surface area is 290 Å². The largest absolute Gasteiger partial charge is 0.273 e. The smallest absolute Gasteiger partial charge is 0.109 e. The summed E-state index contributed by atoms with van der Waals surface area (Å²) in [6.45, 7) is 18.2. The molecule has 0 heterocycles. The minimum atomic E-state index is 0.163. The molecule has 0 nitrogen and oxygen atoms in total. The maximum Gasteiger partial charge on any atom is -0.109 e. The molecule has 0 saturated heterocycles. The molecule has 0 bridgehead atoms. The van der Waals surface area contributed by atoms with Crippen molar-refractivity contribution < 1.29 is 24.2 Å². The summed E-state index contributed by atoms with van der Waals surface area (Å²) >= 11 is 13.3. The summed E-state index contributed by atoms with van der Waals surface area (Å²) in [7, 11) is 0. The van der Waals surface area contributed by atoms with Gasteiger partial charge >= 0.3 is 120 Å². The number of rotatable bonds is 2. The first-order chi connectivity index (χ1) is 20.6. The second kappa shape index (κ2) is 14.4. The Hall–Kier alpha value is -2.31. The van der Waals surface area contributed by atoms with E-state index >= 15 is 0 Å². The molecule has 0 fully saturated rings. The van der Waals surface area contributed by atoms with E-state index in [1.165, 1.54) is 71.9 Å². The molecule has 0 N–H and O–H groups in total. The van der Waals surface area contributed by atoms with E-state index in [4.69, 9.17) is 23.2 Å². The number of halogens is 2. The Morgan fingerprint density at radius 2 is 1.32 bits per heavy atom. The average molecular weight is 697 g/mol. The maximum absolute atomic E-state index is 5.98. The normalized spacial score (nSPS) is 13.0. The van der Waals surface area contributed by atoms with Gasteiger partial charge in [0.1, 0.15) is 0 Å². The topological polar surface area (TPSA) is 0 Å². The molecule has 0 saturated carbocycles. The van der Waals surface area contributed by atoms with E-state index in [2.05, 4.69) is 104 Å². The molecule has 2 aliphatic carbocycles. The fourth-order valence-electron chi connectivity index (χ4n) is 5.82. The van der Waals surface area contributed by atoms with Gasteiger partial charge in [0.05, 0.1) is 0 Å². The van der Waals surface area contributed by atoms with Gasteiger partial charge < -0.3 is 0 Å². The molecule has 0 unspecified atom stereocenters. The van der Waals surface area contributed by atoms with E-state index in [1.807, 2.05) is 48.6 Å². The number of fused-ring (bicyclic) bond motifs is 3. The second-order valence-corrected chi connectivity index (χ2v) is 15.7. The fraction of sp³-hybridized carbons (Fsp3) is 0.293. The zero-order valence-corrected chi connectivity index (χ0v) is 31.2. The monoisotopic (exact) mass is 694 g/mol. The van der Waals surface area contributed by atoms with E-state index in [0.29, 0.717) is 0 Å². The van der Waals surface area contributed by atoms with Gasteiger partial charge in [0, 0.05) is 0 Å². The van der Waals surface area contributed by atoms with Crippen LogP contribution in [-0.2, 0) is 41.5 Å². The van der Waals surface area contributed by atoms with Gasteiger partial charge in [-0.3, -0.25) is 6.08 Å². The molecule has 224 valence electrons. The van der Waals surface area contributed by atoms with Gasteiger partial charge in [0.25, 0.3) is 0 Å². The molecule has 0 aromatic heterocycles. The Bertz CT molecular complexity index is 1600. The molecule has 0 spiro atoms. The predicted octanol–water partition coefficient (Wildman–Crippen LogP) is 11.7. The number of allylic oxidation sites excluding steroid dienone is 4. The van der Waals surface area contributed by atoms with Crippen LogP contribution in [0.3, 0.4) is 0 Å². The van der Waals surface area contributed by atoms with Crippen molar-refractivity contribution in [2.45, 2.75) is 79.1 Å². The van der Waals surface area contributed by atoms with E-state index in [0.717, 1.165) is 34.0 Å². The molecule has 0 amide bonds. The van der Waals surface area contributed by atoms with Crippen molar-refractivity contribution in [3.63, 3.8) is 0 Å². The summed E-state index contributed by atoms with van der Waals surface area (Å²) in [5.41, 5.74) is 13.9. The van der Waals surface area contributed by atoms with Crippen LogP contribution in [0.1, 0.15) is 92.5 Å². The number of benzene rings is 4. The molecule has 4 aromatic carbocycles. The standard InChI is InChI=1S/C23H29.C13H8Cl2.C5H5.Zr/c1-14-9-16-11-17-10-15(2)21(23(6,7)8)13-19(17)18(16)12-20(14)22(3,4)5;14-12-5-1-3-10(8-12)7-11-4-2-6-13(15)9-11;1-2-4-5-3-1;/h9,12-13H,11H2,1-8H3;1-6,8-9H;1-3H,4H2;/q-1;;-1;+2. The molecule has 0 atom stereocenters. The Balaban J connectivity index is 0.000000181. The Kier molecular flexibility index (Phi) is 11.3. The predicted molar refractivity (Wildman–Crippen MR) is 188 cm³/mol. The molecule has 3 heteroatoms. The van der Waals surface area contributed by atoms with Crippen molar-refractivity contribution in [1.29, 1.82) is 0 Å². The van der Waals surface area contributed by atoms with Crippen LogP contribution >= 0.6 is 23.2 Å². The molecular weight excluding hydrogens is 655 g/mol. The number of aryl methyl sites for hydroxylation is 2. The van der Waals surface area contributed by atoms with Crippen LogP contribution < -0.4 is 0 Å². The Morgan fingerprint density at radius 3 is 1.77 bits per heavy atom. The zero-order valence-electron chi connectivity index (χ0n) is 27.3. The first-order valence-corrected chi connectivity index (χ1v) is 17.2. The van der Waals surface area contributed by atoms with Gasteiger partial charge in [0.2, 0.25) is 0 Å². The minimum absolute atomic E-state index is 0.163. The molecule has 2 aliphatic rings. The number of hydrogen-bond donors (Lipinski definition) is 0. The molecule has 6 rings (SSSR count). The molecule has 4 aromatic rings. The summed E-state index contributed by atoms with van der Waals surface area (Å²) in [6, 6.07) is 26.7. The van der Waals surface area contributed by atoms with Crippen LogP contribution in [0.15, 0.2) is 85.0 Å².